The highest BCUT2D eigenvalue weighted by molar-refractivity contribution is 8.00. The van der Waals surface area contributed by atoms with Gasteiger partial charge in [-0.2, -0.15) is 5.26 Å². The number of thiazole rings is 1. The topological polar surface area (TPSA) is 111 Å². The minimum Gasteiger partial charge on any atom is -0.378 e. The number of morpholine rings is 1. The van der Waals surface area contributed by atoms with Gasteiger partial charge in [0.2, 0.25) is 0 Å². The van der Waals surface area contributed by atoms with Crippen LogP contribution in [0.2, 0.25) is 0 Å². The Morgan fingerprint density at radius 2 is 2.04 bits per heavy atom. The van der Waals surface area contributed by atoms with Crippen LogP contribution >= 0.6 is 23.3 Å². The molecule has 2 aromatic carbocycles. The molecule has 9 nitrogen and oxygen atoms in total. The van der Waals surface area contributed by atoms with E-state index in [-0.39, 0.29) is 11.6 Å². The van der Waals surface area contributed by atoms with Gasteiger partial charge < -0.3 is 19.7 Å². The highest BCUT2D eigenvalue weighted by Gasteiger charge is 2.19. The van der Waals surface area contributed by atoms with Gasteiger partial charge >= 0.3 is 0 Å². The van der Waals surface area contributed by atoms with Crippen LogP contribution < -0.4 is 14.9 Å². The average molecular weight is 641 g/mol. The number of nitriles is 1. The second-order valence-electron chi connectivity index (χ2n) is 10.3. The number of aromatic nitrogens is 2. The maximum Gasteiger partial charge on any atom is 0.147 e. The van der Waals surface area contributed by atoms with Crippen molar-refractivity contribution in [3.8, 4) is 17.3 Å². The van der Waals surface area contributed by atoms with Gasteiger partial charge in [-0.05, 0) is 67.2 Å². The van der Waals surface area contributed by atoms with Crippen molar-refractivity contribution in [2.75, 3.05) is 47.9 Å². The SMILES string of the molecule is C=N/C(=C\C=N/CNc1ccc(N2CCOCC2)nc1)c1sc(C(C)C)nc1-c1ccc(F)c(NSc2ccccc2C#N)c1. The van der Waals surface area contributed by atoms with Crippen molar-refractivity contribution in [1.82, 2.24) is 9.97 Å². The molecule has 1 aliphatic heterocycles. The molecular weight excluding hydrogens is 608 g/mol. The Bertz CT molecular complexity index is 1720. The maximum atomic E-state index is 14.9. The number of ether oxygens (including phenoxy) is 1. The van der Waals surface area contributed by atoms with Crippen LogP contribution in [0.4, 0.5) is 21.6 Å². The molecule has 230 valence electrons. The molecule has 0 spiro atoms. The van der Waals surface area contributed by atoms with Crippen LogP contribution in [0.1, 0.15) is 35.2 Å². The zero-order valence-corrected chi connectivity index (χ0v) is 26.7. The fourth-order valence-corrected chi connectivity index (χ4v) is 6.27. The molecule has 4 aromatic rings. The number of anilines is 3. The molecule has 1 aliphatic rings. The van der Waals surface area contributed by atoms with Gasteiger partial charge in [0.25, 0.3) is 0 Å². The van der Waals surface area contributed by atoms with Gasteiger partial charge in [0.15, 0.2) is 0 Å². The molecule has 5 rings (SSSR count). The van der Waals surface area contributed by atoms with Gasteiger partial charge in [-0.25, -0.2) is 14.4 Å². The lowest BCUT2D eigenvalue weighted by molar-refractivity contribution is 0.122. The van der Waals surface area contributed by atoms with Crippen LogP contribution in [-0.2, 0) is 4.74 Å². The second kappa shape index (κ2) is 15.4. The Hall–Kier alpha value is -4.57. The van der Waals surface area contributed by atoms with Crippen LogP contribution in [0.3, 0.4) is 0 Å². The Morgan fingerprint density at radius 3 is 2.78 bits per heavy atom. The number of hydrogen-bond acceptors (Lipinski definition) is 11. The molecule has 0 aliphatic carbocycles. The summed E-state index contributed by atoms with van der Waals surface area (Å²) >= 11 is 2.71. The quantitative estimate of drug-likeness (QED) is 0.121. The van der Waals surface area contributed by atoms with Crippen LogP contribution in [-0.4, -0.2) is 55.9 Å². The number of aliphatic imine (C=N–C) groups is 2. The molecular formula is C33H33FN8OS2. The van der Waals surface area contributed by atoms with Gasteiger partial charge in [0, 0.05) is 35.7 Å². The fourth-order valence-electron chi connectivity index (χ4n) is 4.44. The van der Waals surface area contributed by atoms with E-state index in [1.165, 1.54) is 29.4 Å². The molecule has 0 bridgehead atoms. The minimum atomic E-state index is -0.412. The van der Waals surface area contributed by atoms with E-state index in [1.807, 2.05) is 24.3 Å². The second-order valence-corrected chi connectivity index (χ2v) is 12.2. The number of nitrogens with zero attached hydrogens (tertiary/aromatic N) is 6. The van der Waals surface area contributed by atoms with E-state index >= 15 is 0 Å². The van der Waals surface area contributed by atoms with Crippen molar-refractivity contribution in [3.05, 3.63) is 88.1 Å². The third-order valence-corrected chi connectivity index (χ3v) is 9.13. The molecule has 1 fully saturated rings. The summed E-state index contributed by atoms with van der Waals surface area (Å²) in [6.45, 7) is 11.4. The number of rotatable bonds is 12. The van der Waals surface area contributed by atoms with Gasteiger partial charge in [0.05, 0.1) is 57.6 Å². The van der Waals surface area contributed by atoms with Crippen LogP contribution in [0, 0.1) is 17.1 Å². The molecule has 2 N–H and O–H groups in total. The average Bonchev–Trinajstić information content (AvgIpc) is 3.52. The lowest BCUT2D eigenvalue weighted by Crippen LogP contribution is -2.36. The van der Waals surface area contributed by atoms with E-state index in [2.05, 4.69) is 56.5 Å². The first-order chi connectivity index (χ1) is 22.0. The lowest BCUT2D eigenvalue weighted by atomic mass is 10.1. The number of hydrogen-bond donors (Lipinski definition) is 2. The number of pyridine rings is 1. The number of nitrogens with one attached hydrogen (secondary N) is 2. The van der Waals surface area contributed by atoms with Crippen molar-refractivity contribution in [2.24, 2.45) is 9.98 Å². The zero-order valence-electron chi connectivity index (χ0n) is 25.0. The molecule has 45 heavy (non-hydrogen) atoms. The standard InChI is InChI=1S/C33H33FN8OS2/c1-22(2)33-40-31(23-8-10-26(34)28(18-23)41-45-29-7-5-4-6-24(29)19-35)32(44-33)27(36-3)12-13-37-21-39-25-9-11-30(38-20-25)42-14-16-43-17-15-42/h4-13,18,20,22,39,41H,3,14-17,21H2,1-2H3/b27-12-,37-13-. The van der Waals surface area contributed by atoms with E-state index in [0.29, 0.717) is 41.7 Å². The maximum absolute atomic E-state index is 14.9. The smallest absolute Gasteiger partial charge is 0.147 e. The van der Waals surface area contributed by atoms with Crippen molar-refractivity contribution < 1.29 is 9.13 Å². The molecule has 0 atom stereocenters. The van der Waals surface area contributed by atoms with Crippen molar-refractivity contribution >= 4 is 59.1 Å². The predicted molar refractivity (Wildman–Crippen MR) is 184 cm³/mol. The Labute approximate surface area is 270 Å². The monoisotopic (exact) mass is 640 g/mol. The highest BCUT2D eigenvalue weighted by atomic mass is 32.2. The van der Waals surface area contributed by atoms with Gasteiger partial charge in [-0.1, -0.05) is 26.0 Å². The largest absolute Gasteiger partial charge is 0.378 e. The van der Waals surface area contributed by atoms with Crippen molar-refractivity contribution in [3.63, 3.8) is 0 Å². The molecule has 2 aromatic heterocycles. The summed E-state index contributed by atoms with van der Waals surface area (Å²) in [7, 11) is 0. The van der Waals surface area contributed by atoms with E-state index in [0.717, 1.165) is 40.0 Å². The Morgan fingerprint density at radius 1 is 1.22 bits per heavy atom. The third kappa shape index (κ3) is 8.13. The Kier molecular flexibility index (Phi) is 10.9. The summed E-state index contributed by atoms with van der Waals surface area (Å²) in [6, 6.07) is 18.1. The first-order valence-electron chi connectivity index (χ1n) is 14.4. The number of halogens is 1. The summed E-state index contributed by atoms with van der Waals surface area (Å²) < 4.78 is 23.3. The Balaban J connectivity index is 1.30. The molecule has 0 unspecified atom stereocenters. The van der Waals surface area contributed by atoms with E-state index in [4.69, 9.17) is 9.72 Å². The predicted octanol–water partition coefficient (Wildman–Crippen LogP) is 7.48. The van der Waals surface area contributed by atoms with E-state index < -0.39 is 5.82 Å². The van der Waals surface area contributed by atoms with Gasteiger partial charge in [-0.3, -0.25) is 9.98 Å². The number of allylic oxidation sites excluding steroid dienone is 1. The number of benzene rings is 2. The zero-order chi connectivity index (χ0) is 31.6. The van der Waals surface area contributed by atoms with Crippen LogP contribution in [0.25, 0.3) is 17.0 Å². The molecule has 0 amide bonds. The third-order valence-electron chi connectivity index (χ3n) is 6.85. The fraction of sp³-hybridized carbons (Fsp3) is 0.242. The summed E-state index contributed by atoms with van der Waals surface area (Å²) in [6.07, 6.45) is 5.29. The highest BCUT2D eigenvalue weighted by Crippen LogP contribution is 2.38. The summed E-state index contributed by atoms with van der Waals surface area (Å²) in [4.78, 5) is 21.9. The molecule has 0 saturated carbocycles. The first-order valence-corrected chi connectivity index (χ1v) is 16.0. The summed E-state index contributed by atoms with van der Waals surface area (Å²) in [5.41, 5.74) is 3.70. The van der Waals surface area contributed by atoms with Crippen LogP contribution in [0.5, 0.6) is 0 Å². The van der Waals surface area contributed by atoms with E-state index in [1.54, 1.807) is 42.8 Å². The molecule has 3 heterocycles. The molecule has 12 heteroatoms. The van der Waals surface area contributed by atoms with Gasteiger partial charge in [-0.15, -0.1) is 11.3 Å². The first kappa shape index (κ1) is 31.8. The van der Waals surface area contributed by atoms with Crippen LogP contribution in [0.15, 0.2) is 81.8 Å². The summed E-state index contributed by atoms with van der Waals surface area (Å²) in [5, 5.41) is 13.6. The minimum absolute atomic E-state index is 0.186. The van der Waals surface area contributed by atoms with Crippen molar-refractivity contribution in [2.45, 2.75) is 24.7 Å². The molecule has 1 saturated heterocycles. The lowest BCUT2D eigenvalue weighted by Gasteiger charge is -2.27. The van der Waals surface area contributed by atoms with E-state index in [9.17, 15) is 9.65 Å². The normalized spacial score (nSPS) is 13.7. The van der Waals surface area contributed by atoms with Gasteiger partial charge in [0.1, 0.15) is 24.4 Å². The summed E-state index contributed by atoms with van der Waals surface area (Å²) in [5.74, 6) is 0.709. The molecule has 0 radical (unpaired) electrons. The van der Waals surface area contributed by atoms with Crippen molar-refractivity contribution in [1.29, 1.82) is 5.26 Å².